The predicted octanol–water partition coefficient (Wildman–Crippen LogP) is 2.29. The van der Waals surface area contributed by atoms with Crippen LogP contribution in [0.15, 0.2) is 29.2 Å². The molecule has 0 spiro atoms. The Labute approximate surface area is 179 Å². The molecule has 1 fully saturated rings. The molecule has 1 aliphatic rings. The third kappa shape index (κ3) is 7.60. The first kappa shape index (κ1) is 24.1. The molecule has 0 unspecified atom stereocenters. The van der Waals surface area contributed by atoms with Gasteiger partial charge in [-0.1, -0.05) is 12.1 Å². The minimum absolute atomic E-state index is 0.0977. The molecule has 2 N–H and O–H groups in total. The second-order valence-corrected chi connectivity index (χ2v) is 10.4. The number of hydrogen-bond acceptors (Lipinski definition) is 5. The first-order valence-corrected chi connectivity index (χ1v) is 11.8. The topological polar surface area (TPSA) is 105 Å². The van der Waals surface area contributed by atoms with Crippen molar-refractivity contribution < 1.29 is 22.7 Å². The molecule has 0 saturated carbocycles. The molecule has 1 aromatic rings. The van der Waals surface area contributed by atoms with Crippen LogP contribution < -0.4 is 10.0 Å². The lowest BCUT2D eigenvalue weighted by molar-refractivity contribution is -0.132. The molecule has 2 rings (SSSR count). The maximum atomic E-state index is 12.5. The van der Waals surface area contributed by atoms with Crippen LogP contribution in [0.5, 0.6) is 0 Å². The molecule has 30 heavy (non-hydrogen) atoms. The van der Waals surface area contributed by atoms with Gasteiger partial charge in [-0.25, -0.2) is 17.9 Å². The van der Waals surface area contributed by atoms with Gasteiger partial charge in [-0.3, -0.25) is 4.79 Å². The Morgan fingerprint density at radius 3 is 2.27 bits per heavy atom. The molecule has 1 heterocycles. The van der Waals surface area contributed by atoms with E-state index in [9.17, 15) is 18.0 Å². The number of nitrogens with zero attached hydrogens (tertiary/aromatic N) is 1. The monoisotopic (exact) mass is 439 g/mol. The number of alkyl carbamates (subject to hydrolysis) is 1. The van der Waals surface area contributed by atoms with Gasteiger partial charge in [-0.05, 0) is 70.7 Å². The van der Waals surface area contributed by atoms with Gasteiger partial charge in [0.25, 0.3) is 0 Å². The lowest BCUT2D eigenvalue weighted by Gasteiger charge is -2.32. The van der Waals surface area contributed by atoms with E-state index in [0.29, 0.717) is 38.4 Å². The molecular weight excluding hydrogens is 406 g/mol. The number of likely N-dealkylation sites (tertiary alicyclic amines) is 1. The van der Waals surface area contributed by atoms with Crippen LogP contribution in [0.25, 0.3) is 0 Å². The van der Waals surface area contributed by atoms with Crippen LogP contribution >= 0.6 is 0 Å². The minimum Gasteiger partial charge on any atom is -0.444 e. The van der Waals surface area contributed by atoms with Crippen LogP contribution in [0, 0.1) is 5.92 Å². The second kappa shape index (κ2) is 10.3. The highest BCUT2D eigenvalue weighted by Crippen LogP contribution is 2.18. The average molecular weight is 440 g/mol. The third-order valence-corrected chi connectivity index (χ3v) is 6.46. The fourth-order valence-corrected chi connectivity index (χ4v) is 4.02. The van der Waals surface area contributed by atoms with Crippen molar-refractivity contribution in [2.75, 3.05) is 26.7 Å². The van der Waals surface area contributed by atoms with Gasteiger partial charge in [0.05, 0.1) is 4.90 Å². The first-order chi connectivity index (χ1) is 14.0. The molecule has 1 aliphatic heterocycles. The highest BCUT2D eigenvalue weighted by molar-refractivity contribution is 7.89. The largest absolute Gasteiger partial charge is 0.444 e. The number of piperidine rings is 1. The van der Waals surface area contributed by atoms with Gasteiger partial charge in [0.1, 0.15) is 5.60 Å². The van der Waals surface area contributed by atoms with Crippen LogP contribution in [0.3, 0.4) is 0 Å². The van der Waals surface area contributed by atoms with Crippen molar-refractivity contribution in [1.82, 2.24) is 14.9 Å². The SMILES string of the molecule is CNS(=O)(=O)c1ccc(CCC(=O)N2CCC(CNC(=O)OC(C)(C)C)CC2)cc1. The number of aryl methyl sites for hydroxylation is 1. The highest BCUT2D eigenvalue weighted by Gasteiger charge is 2.24. The number of ether oxygens (including phenoxy) is 1. The van der Waals surface area contributed by atoms with Gasteiger partial charge in [0, 0.05) is 26.1 Å². The van der Waals surface area contributed by atoms with Gasteiger partial charge in [-0.15, -0.1) is 0 Å². The van der Waals surface area contributed by atoms with E-state index in [2.05, 4.69) is 10.0 Å². The van der Waals surface area contributed by atoms with Crippen molar-refractivity contribution in [3.63, 3.8) is 0 Å². The number of benzene rings is 1. The Morgan fingerprint density at radius 1 is 1.13 bits per heavy atom. The Bertz CT molecular complexity index is 823. The standard InChI is InChI=1S/C21H33N3O5S/c1-21(2,3)29-20(26)23-15-17-11-13-24(14-12-17)19(25)10-7-16-5-8-18(9-6-16)30(27,28)22-4/h5-6,8-9,17,22H,7,10-15H2,1-4H3,(H,23,26). The van der Waals surface area contributed by atoms with Gasteiger partial charge in [0.15, 0.2) is 0 Å². The van der Waals surface area contributed by atoms with Crippen LogP contribution in [-0.2, 0) is 26.0 Å². The van der Waals surface area contributed by atoms with E-state index in [0.717, 1.165) is 18.4 Å². The van der Waals surface area contributed by atoms with Crippen LogP contribution in [0.2, 0.25) is 0 Å². The molecular formula is C21H33N3O5S. The Morgan fingerprint density at radius 2 is 1.73 bits per heavy atom. The molecule has 0 atom stereocenters. The maximum absolute atomic E-state index is 12.5. The Balaban J connectivity index is 1.72. The highest BCUT2D eigenvalue weighted by atomic mass is 32.2. The molecule has 8 nitrogen and oxygen atoms in total. The van der Waals surface area contributed by atoms with E-state index in [1.54, 1.807) is 24.3 Å². The summed E-state index contributed by atoms with van der Waals surface area (Å²) in [5.41, 5.74) is 0.413. The summed E-state index contributed by atoms with van der Waals surface area (Å²) in [5.74, 6) is 0.434. The van der Waals surface area contributed by atoms with Crippen molar-refractivity contribution in [1.29, 1.82) is 0 Å². The molecule has 0 bridgehead atoms. The van der Waals surface area contributed by atoms with Crippen LogP contribution in [0.1, 0.15) is 45.6 Å². The Kier molecular flexibility index (Phi) is 8.25. The summed E-state index contributed by atoms with van der Waals surface area (Å²) in [5, 5.41) is 2.81. The average Bonchev–Trinajstić information content (AvgIpc) is 2.70. The third-order valence-electron chi connectivity index (χ3n) is 5.03. The lowest BCUT2D eigenvalue weighted by atomic mass is 9.96. The summed E-state index contributed by atoms with van der Waals surface area (Å²) in [6.45, 7) is 7.40. The van der Waals surface area contributed by atoms with Gasteiger partial charge < -0.3 is 15.0 Å². The summed E-state index contributed by atoms with van der Waals surface area (Å²) in [7, 11) is -2.07. The second-order valence-electron chi connectivity index (χ2n) is 8.56. The van der Waals surface area contributed by atoms with Crippen molar-refractivity contribution >= 4 is 22.0 Å². The summed E-state index contributed by atoms with van der Waals surface area (Å²) in [6.07, 6.45) is 2.24. The number of nitrogens with one attached hydrogen (secondary N) is 2. The lowest BCUT2D eigenvalue weighted by Crippen LogP contribution is -2.42. The molecule has 1 aromatic carbocycles. The molecule has 9 heteroatoms. The number of rotatable bonds is 7. The number of amides is 2. The van der Waals surface area contributed by atoms with E-state index in [4.69, 9.17) is 4.74 Å². The zero-order valence-corrected chi connectivity index (χ0v) is 19.0. The fraction of sp³-hybridized carbons (Fsp3) is 0.619. The quantitative estimate of drug-likeness (QED) is 0.678. The number of hydrogen-bond donors (Lipinski definition) is 2. The van der Waals surface area contributed by atoms with E-state index in [1.807, 2.05) is 25.7 Å². The molecule has 0 aromatic heterocycles. The van der Waals surface area contributed by atoms with Gasteiger partial charge in [-0.2, -0.15) is 0 Å². The van der Waals surface area contributed by atoms with Crippen molar-refractivity contribution in [2.24, 2.45) is 5.92 Å². The van der Waals surface area contributed by atoms with Crippen LogP contribution in [0.4, 0.5) is 4.79 Å². The molecule has 2 amide bonds. The van der Waals surface area contributed by atoms with Crippen molar-refractivity contribution in [3.05, 3.63) is 29.8 Å². The number of sulfonamides is 1. The summed E-state index contributed by atoms with van der Waals surface area (Å²) < 4.78 is 31.0. The molecule has 0 aliphatic carbocycles. The van der Waals surface area contributed by atoms with E-state index in [1.165, 1.54) is 7.05 Å². The smallest absolute Gasteiger partial charge is 0.407 e. The summed E-state index contributed by atoms with van der Waals surface area (Å²) in [6, 6.07) is 6.59. The predicted molar refractivity (Wildman–Crippen MR) is 115 cm³/mol. The van der Waals surface area contributed by atoms with Crippen LogP contribution in [-0.4, -0.2) is 57.6 Å². The summed E-state index contributed by atoms with van der Waals surface area (Å²) >= 11 is 0. The first-order valence-electron chi connectivity index (χ1n) is 10.3. The molecule has 168 valence electrons. The van der Waals surface area contributed by atoms with Crippen molar-refractivity contribution in [2.45, 2.75) is 57.0 Å². The molecule has 1 saturated heterocycles. The fourth-order valence-electron chi connectivity index (χ4n) is 3.29. The minimum atomic E-state index is -3.45. The molecule has 0 radical (unpaired) electrons. The van der Waals surface area contributed by atoms with Gasteiger partial charge in [0.2, 0.25) is 15.9 Å². The van der Waals surface area contributed by atoms with E-state index in [-0.39, 0.29) is 10.8 Å². The zero-order valence-electron chi connectivity index (χ0n) is 18.2. The maximum Gasteiger partial charge on any atom is 0.407 e. The van der Waals surface area contributed by atoms with E-state index >= 15 is 0 Å². The number of carbonyl (C=O) groups is 2. The van der Waals surface area contributed by atoms with E-state index < -0.39 is 21.7 Å². The normalized spacial score (nSPS) is 15.7. The van der Waals surface area contributed by atoms with Gasteiger partial charge >= 0.3 is 6.09 Å². The zero-order chi connectivity index (χ0) is 22.4. The summed E-state index contributed by atoms with van der Waals surface area (Å²) in [4.78, 5) is 26.3. The Hall–Kier alpha value is -2.13. The van der Waals surface area contributed by atoms with Crippen molar-refractivity contribution in [3.8, 4) is 0 Å². The number of carbonyl (C=O) groups excluding carboxylic acids is 2.